The molecule has 1 heterocycles. The molecule has 6 heteroatoms. The first-order chi connectivity index (χ1) is 9.29. The molecule has 0 aromatic carbocycles. The van der Waals surface area contributed by atoms with Crippen LogP contribution in [0.2, 0.25) is 0 Å². The number of nitrogens with zero attached hydrogens (tertiary/aromatic N) is 2. The highest BCUT2D eigenvalue weighted by Crippen LogP contribution is 2.28. The lowest BCUT2D eigenvalue weighted by Crippen LogP contribution is -2.42. The van der Waals surface area contributed by atoms with Crippen LogP contribution in [0.15, 0.2) is 4.99 Å². The molecule has 1 saturated heterocycles. The Morgan fingerprint density at radius 1 is 1.25 bits per heavy atom. The lowest BCUT2D eigenvalue weighted by Gasteiger charge is -2.28. The zero-order valence-electron chi connectivity index (χ0n) is 12.4. The highest BCUT2D eigenvalue weighted by atomic mass is 127. The summed E-state index contributed by atoms with van der Waals surface area (Å²) in [4.78, 5) is 6.78. The van der Waals surface area contributed by atoms with E-state index in [-0.39, 0.29) is 24.0 Å². The highest BCUT2D eigenvalue weighted by Gasteiger charge is 2.20. The Morgan fingerprint density at radius 3 is 2.50 bits per heavy atom. The minimum atomic E-state index is 0. The van der Waals surface area contributed by atoms with Gasteiger partial charge < -0.3 is 15.4 Å². The van der Waals surface area contributed by atoms with Gasteiger partial charge in [0.2, 0.25) is 0 Å². The summed E-state index contributed by atoms with van der Waals surface area (Å²) in [5.41, 5.74) is 6.05. The van der Waals surface area contributed by atoms with Crippen LogP contribution in [-0.2, 0) is 4.74 Å². The Labute approximate surface area is 144 Å². The lowest BCUT2D eigenvalue weighted by atomic mass is 9.85. The normalized spacial score (nSPS) is 28.1. The molecule has 0 amide bonds. The number of hydrogen-bond donors (Lipinski definition) is 1. The zero-order valence-corrected chi connectivity index (χ0v) is 15.6. The lowest BCUT2D eigenvalue weighted by molar-refractivity contribution is 0.0559. The van der Waals surface area contributed by atoms with Gasteiger partial charge in [0.15, 0.2) is 5.96 Å². The van der Waals surface area contributed by atoms with Crippen molar-refractivity contribution >= 4 is 41.7 Å². The van der Waals surface area contributed by atoms with Crippen LogP contribution >= 0.6 is 35.7 Å². The number of methoxy groups -OCH3 is 1. The van der Waals surface area contributed by atoms with Crippen LogP contribution in [-0.4, -0.2) is 55.2 Å². The van der Waals surface area contributed by atoms with Crippen molar-refractivity contribution in [3.8, 4) is 0 Å². The van der Waals surface area contributed by atoms with Gasteiger partial charge in [-0.1, -0.05) is 0 Å². The van der Waals surface area contributed by atoms with Crippen molar-refractivity contribution in [2.75, 3.05) is 38.2 Å². The molecule has 0 bridgehead atoms. The first-order valence-electron chi connectivity index (χ1n) is 7.45. The Morgan fingerprint density at radius 2 is 1.90 bits per heavy atom. The molecule has 0 aromatic rings. The summed E-state index contributed by atoms with van der Waals surface area (Å²) in [6.45, 7) is 3.00. The molecule has 118 valence electrons. The van der Waals surface area contributed by atoms with Crippen LogP contribution in [0.4, 0.5) is 0 Å². The predicted octanol–water partition coefficient (Wildman–Crippen LogP) is 2.56. The minimum absolute atomic E-state index is 0. The maximum Gasteiger partial charge on any atom is 0.191 e. The number of hydrogen-bond acceptors (Lipinski definition) is 3. The Hall–Kier alpha value is 0.310. The first kappa shape index (κ1) is 18.4. The van der Waals surface area contributed by atoms with Crippen molar-refractivity contribution in [3.05, 3.63) is 0 Å². The minimum Gasteiger partial charge on any atom is -0.381 e. The van der Waals surface area contributed by atoms with Crippen LogP contribution < -0.4 is 5.73 Å². The van der Waals surface area contributed by atoms with E-state index in [1.54, 1.807) is 0 Å². The van der Waals surface area contributed by atoms with E-state index in [0.29, 0.717) is 6.10 Å². The average molecular weight is 413 g/mol. The first-order valence-corrected chi connectivity index (χ1v) is 8.60. The van der Waals surface area contributed by atoms with Crippen molar-refractivity contribution in [2.24, 2.45) is 16.6 Å². The Balaban J connectivity index is 0.00000200. The Bertz CT molecular complexity index is 290. The molecule has 20 heavy (non-hydrogen) atoms. The van der Waals surface area contributed by atoms with Gasteiger partial charge in [0.25, 0.3) is 0 Å². The molecule has 1 aliphatic carbocycles. The molecule has 2 aliphatic rings. The fourth-order valence-electron chi connectivity index (χ4n) is 2.91. The summed E-state index contributed by atoms with van der Waals surface area (Å²) >= 11 is 2.00. The number of rotatable bonds is 4. The van der Waals surface area contributed by atoms with Crippen molar-refractivity contribution in [2.45, 2.75) is 38.2 Å². The van der Waals surface area contributed by atoms with Gasteiger partial charge >= 0.3 is 0 Å². The number of ether oxygens (including phenoxy) is 1. The van der Waals surface area contributed by atoms with E-state index in [4.69, 9.17) is 10.5 Å². The number of nitrogens with two attached hydrogens (primary N) is 1. The zero-order chi connectivity index (χ0) is 13.5. The molecule has 0 spiro atoms. The van der Waals surface area contributed by atoms with Gasteiger partial charge in [-0.05, 0) is 38.0 Å². The van der Waals surface area contributed by atoms with Gasteiger partial charge in [0.05, 0.1) is 6.10 Å². The topological polar surface area (TPSA) is 50.9 Å². The molecule has 4 nitrogen and oxygen atoms in total. The number of guanidine groups is 1. The van der Waals surface area contributed by atoms with E-state index in [1.807, 2.05) is 18.9 Å². The third kappa shape index (κ3) is 5.97. The molecule has 2 rings (SSSR count). The standard InChI is InChI=1S/C14H27N3OS.HI/c1-18-13-4-2-12(3-5-13)6-7-16-14(15)17-8-10-19-11-9-17;/h12-13H,2-11H2,1H3,(H2,15,16);1H. The number of aliphatic imine (C=N–C) groups is 1. The quantitative estimate of drug-likeness (QED) is 0.437. The van der Waals surface area contributed by atoms with E-state index in [9.17, 15) is 0 Å². The van der Waals surface area contributed by atoms with Crippen LogP contribution in [0.1, 0.15) is 32.1 Å². The van der Waals surface area contributed by atoms with E-state index in [0.717, 1.165) is 31.5 Å². The highest BCUT2D eigenvalue weighted by molar-refractivity contribution is 14.0. The third-order valence-electron chi connectivity index (χ3n) is 4.27. The smallest absolute Gasteiger partial charge is 0.191 e. The van der Waals surface area contributed by atoms with Gasteiger partial charge in [-0.15, -0.1) is 24.0 Å². The molecule has 0 atom stereocenters. The largest absolute Gasteiger partial charge is 0.381 e. The summed E-state index contributed by atoms with van der Waals surface area (Å²) in [6, 6.07) is 0. The average Bonchev–Trinajstić information content (AvgIpc) is 2.49. The maximum absolute atomic E-state index is 6.05. The molecule has 0 unspecified atom stereocenters. The molecule has 0 aromatic heterocycles. The summed E-state index contributed by atoms with van der Waals surface area (Å²) in [5, 5.41) is 0. The van der Waals surface area contributed by atoms with Crippen molar-refractivity contribution < 1.29 is 4.74 Å². The van der Waals surface area contributed by atoms with Crippen LogP contribution in [0, 0.1) is 5.92 Å². The van der Waals surface area contributed by atoms with Crippen molar-refractivity contribution in [1.82, 2.24) is 4.90 Å². The molecule has 2 fully saturated rings. The van der Waals surface area contributed by atoms with E-state index in [1.165, 1.54) is 43.6 Å². The summed E-state index contributed by atoms with van der Waals surface area (Å²) < 4.78 is 5.41. The fraction of sp³-hybridized carbons (Fsp3) is 0.929. The fourth-order valence-corrected chi connectivity index (χ4v) is 3.81. The molecular weight excluding hydrogens is 385 g/mol. The van der Waals surface area contributed by atoms with Gasteiger partial charge in [-0.3, -0.25) is 4.99 Å². The Kier molecular flexibility index (Phi) is 9.28. The van der Waals surface area contributed by atoms with Gasteiger partial charge in [0, 0.05) is 38.2 Å². The van der Waals surface area contributed by atoms with Crippen molar-refractivity contribution in [1.29, 1.82) is 0 Å². The molecule has 0 radical (unpaired) electrons. The third-order valence-corrected chi connectivity index (χ3v) is 5.22. The van der Waals surface area contributed by atoms with Crippen molar-refractivity contribution in [3.63, 3.8) is 0 Å². The van der Waals surface area contributed by atoms with Crippen LogP contribution in [0.5, 0.6) is 0 Å². The molecule has 2 N–H and O–H groups in total. The SMILES string of the molecule is COC1CCC(CCN=C(N)N2CCSCC2)CC1.I. The van der Waals surface area contributed by atoms with E-state index < -0.39 is 0 Å². The second-order valence-corrected chi connectivity index (χ2v) is 6.73. The second-order valence-electron chi connectivity index (χ2n) is 5.51. The van der Waals surface area contributed by atoms with Crippen LogP contribution in [0.25, 0.3) is 0 Å². The van der Waals surface area contributed by atoms with Gasteiger partial charge in [0.1, 0.15) is 0 Å². The van der Waals surface area contributed by atoms with Crippen LogP contribution in [0.3, 0.4) is 0 Å². The summed E-state index contributed by atoms with van der Waals surface area (Å²) in [5.74, 6) is 3.93. The predicted molar refractivity (Wildman–Crippen MR) is 98.2 cm³/mol. The molecular formula is C14H28IN3OS. The molecule has 1 aliphatic heterocycles. The second kappa shape index (κ2) is 10.1. The van der Waals surface area contributed by atoms with E-state index >= 15 is 0 Å². The van der Waals surface area contributed by atoms with E-state index in [2.05, 4.69) is 9.89 Å². The monoisotopic (exact) mass is 413 g/mol. The molecule has 1 saturated carbocycles. The summed E-state index contributed by atoms with van der Waals surface area (Å²) in [7, 11) is 1.83. The van der Waals surface area contributed by atoms with Gasteiger partial charge in [-0.2, -0.15) is 11.8 Å². The number of thioether (sulfide) groups is 1. The van der Waals surface area contributed by atoms with Gasteiger partial charge in [-0.25, -0.2) is 0 Å². The maximum atomic E-state index is 6.05. The summed E-state index contributed by atoms with van der Waals surface area (Å²) in [6.07, 6.45) is 6.67. The number of halogens is 1.